The fourth-order valence-electron chi connectivity index (χ4n) is 4.04. The quantitative estimate of drug-likeness (QED) is 0.444. The van der Waals surface area contributed by atoms with Crippen molar-refractivity contribution in [2.75, 3.05) is 6.61 Å². The van der Waals surface area contributed by atoms with E-state index in [1.165, 1.54) is 6.08 Å². The van der Waals surface area contributed by atoms with Crippen LogP contribution >= 0.6 is 0 Å². The molecule has 0 heterocycles. The molecule has 3 nitrogen and oxygen atoms in total. The van der Waals surface area contributed by atoms with Crippen molar-refractivity contribution in [3.8, 4) is 6.07 Å². The van der Waals surface area contributed by atoms with Crippen molar-refractivity contribution in [2.24, 2.45) is 5.92 Å². The highest BCUT2D eigenvalue weighted by molar-refractivity contribution is 5.81. The van der Waals surface area contributed by atoms with Crippen molar-refractivity contribution in [3.05, 3.63) is 83.9 Å². The van der Waals surface area contributed by atoms with E-state index in [2.05, 4.69) is 38.6 Å². The third-order valence-electron chi connectivity index (χ3n) is 5.24. The summed E-state index contributed by atoms with van der Waals surface area (Å²) in [5.74, 6) is -0.376. The van der Waals surface area contributed by atoms with Gasteiger partial charge in [-0.05, 0) is 30.0 Å². The van der Waals surface area contributed by atoms with Gasteiger partial charge in [0.2, 0.25) is 0 Å². The molecule has 140 valence electrons. The average molecular weight is 361 g/mol. The van der Waals surface area contributed by atoms with Gasteiger partial charge in [0.15, 0.2) is 0 Å². The Bertz CT molecular complexity index is 807. The van der Waals surface area contributed by atoms with Crippen LogP contribution in [0.25, 0.3) is 0 Å². The van der Waals surface area contributed by atoms with Crippen LogP contribution in [0, 0.1) is 17.2 Å². The molecule has 2 unspecified atom stereocenters. The summed E-state index contributed by atoms with van der Waals surface area (Å²) in [6.45, 7) is 8.03. The van der Waals surface area contributed by atoms with E-state index in [0.29, 0.717) is 5.56 Å². The maximum Gasteiger partial charge on any atom is 0.330 e. The largest absolute Gasteiger partial charge is 0.462 e. The highest BCUT2D eigenvalue weighted by Crippen LogP contribution is 2.46. The highest BCUT2D eigenvalue weighted by atomic mass is 16.5. The first-order valence-corrected chi connectivity index (χ1v) is 9.48. The second-order valence-electron chi connectivity index (χ2n) is 6.68. The van der Waals surface area contributed by atoms with Crippen molar-refractivity contribution in [1.29, 1.82) is 5.26 Å². The third kappa shape index (κ3) is 4.28. The molecule has 0 amide bonds. The van der Waals surface area contributed by atoms with Crippen molar-refractivity contribution >= 4 is 5.97 Å². The number of nitrogens with zero attached hydrogens (tertiary/aromatic N) is 1. The molecule has 0 radical (unpaired) electrons. The van der Waals surface area contributed by atoms with E-state index in [1.54, 1.807) is 0 Å². The van der Waals surface area contributed by atoms with Crippen molar-refractivity contribution < 1.29 is 9.53 Å². The summed E-state index contributed by atoms with van der Waals surface area (Å²) in [6, 6.07) is 20.4. The molecule has 3 heteroatoms. The molecular formula is C24H27NO2. The van der Waals surface area contributed by atoms with Crippen LogP contribution in [0.4, 0.5) is 0 Å². The Hall–Kier alpha value is -2.86. The second-order valence-corrected chi connectivity index (χ2v) is 6.68. The van der Waals surface area contributed by atoms with Gasteiger partial charge in [-0.15, -0.1) is 0 Å². The molecule has 0 saturated heterocycles. The molecule has 0 aliphatic carbocycles. The molecule has 0 bridgehead atoms. The molecule has 0 fully saturated rings. The van der Waals surface area contributed by atoms with Gasteiger partial charge in [0.05, 0.1) is 18.2 Å². The van der Waals surface area contributed by atoms with E-state index in [4.69, 9.17) is 4.74 Å². The summed E-state index contributed by atoms with van der Waals surface area (Å²) in [4.78, 5) is 11.7. The van der Waals surface area contributed by atoms with Crippen LogP contribution in [-0.4, -0.2) is 12.6 Å². The number of hydrogen-bond acceptors (Lipinski definition) is 3. The lowest BCUT2D eigenvalue weighted by molar-refractivity contribution is -0.139. The summed E-state index contributed by atoms with van der Waals surface area (Å²) in [5.41, 5.74) is 2.42. The van der Waals surface area contributed by atoms with Gasteiger partial charge >= 0.3 is 5.97 Å². The van der Waals surface area contributed by atoms with E-state index < -0.39 is 11.4 Å². The third-order valence-corrected chi connectivity index (χ3v) is 5.24. The Morgan fingerprint density at radius 3 is 2.44 bits per heavy atom. The molecule has 2 aromatic rings. The van der Waals surface area contributed by atoms with E-state index in [9.17, 15) is 10.1 Å². The molecule has 0 aliphatic rings. The summed E-state index contributed by atoms with van der Waals surface area (Å²) >= 11 is 0. The number of esters is 1. The zero-order chi connectivity index (χ0) is 19.7. The lowest BCUT2D eigenvalue weighted by Crippen LogP contribution is -2.40. The Morgan fingerprint density at radius 2 is 1.85 bits per heavy atom. The minimum Gasteiger partial charge on any atom is -0.462 e. The highest BCUT2D eigenvalue weighted by Gasteiger charge is 2.42. The summed E-state index contributed by atoms with van der Waals surface area (Å²) in [7, 11) is 0. The first-order chi connectivity index (χ1) is 13.1. The SMILES string of the molecule is C=CC(=O)OCC(CC)C(CCC)(c1ccccc1)c1ccccc1C#N. The normalized spacial score (nSPS) is 13.8. The van der Waals surface area contributed by atoms with E-state index in [0.717, 1.165) is 30.4 Å². The molecule has 0 saturated carbocycles. The Kier molecular flexibility index (Phi) is 7.37. The summed E-state index contributed by atoms with van der Waals surface area (Å²) in [5, 5.41) is 9.76. The van der Waals surface area contributed by atoms with E-state index >= 15 is 0 Å². The Balaban J connectivity index is 2.70. The number of benzene rings is 2. The van der Waals surface area contributed by atoms with Gasteiger partial charge in [0, 0.05) is 17.4 Å². The first kappa shape index (κ1) is 20.5. The maximum atomic E-state index is 11.7. The van der Waals surface area contributed by atoms with Gasteiger partial charge in [0.25, 0.3) is 0 Å². The topological polar surface area (TPSA) is 50.1 Å². The number of carbonyl (C=O) groups excluding carboxylic acids is 1. The second kappa shape index (κ2) is 9.73. The minimum absolute atomic E-state index is 0.0400. The molecule has 0 N–H and O–H groups in total. The molecule has 0 spiro atoms. The van der Waals surface area contributed by atoms with Crippen molar-refractivity contribution in [2.45, 2.75) is 38.5 Å². The van der Waals surface area contributed by atoms with Crippen molar-refractivity contribution in [3.63, 3.8) is 0 Å². The predicted molar refractivity (Wildman–Crippen MR) is 108 cm³/mol. The summed E-state index contributed by atoms with van der Waals surface area (Å²) in [6.07, 6.45) is 3.82. The predicted octanol–water partition coefficient (Wildman–Crippen LogP) is 5.40. The van der Waals surface area contributed by atoms with Gasteiger partial charge in [-0.25, -0.2) is 4.79 Å². The smallest absolute Gasteiger partial charge is 0.330 e. The van der Waals surface area contributed by atoms with Crippen LogP contribution in [-0.2, 0) is 14.9 Å². The molecule has 0 aliphatic heterocycles. The number of rotatable bonds is 9. The zero-order valence-corrected chi connectivity index (χ0v) is 16.2. The number of hydrogen-bond donors (Lipinski definition) is 0. The van der Waals surface area contributed by atoms with Gasteiger partial charge < -0.3 is 4.74 Å². The average Bonchev–Trinajstić information content (AvgIpc) is 2.73. The fraction of sp³-hybridized carbons (Fsp3) is 0.333. The molecule has 27 heavy (non-hydrogen) atoms. The standard InChI is InChI=1S/C24H27NO2/c1-4-16-24(21-13-8-7-9-14-21,20(5-2)18-27-23(26)6-3)22-15-11-10-12-19(22)17-25/h6-15,20H,3-5,16,18H2,1-2H3. The van der Waals surface area contributed by atoms with Crippen LogP contribution in [0.15, 0.2) is 67.3 Å². The molecular weight excluding hydrogens is 334 g/mol. The molecule has 0 aromatic heterocycles. The Labute approximate surface area is 162 Å². The zero-order valence-electron chi connectivity index (χ0n) is 16.2. The van der Waals surface area contributed by atoms with Crippen LogP contribution in [0.2, 0.25) is 0 Å². The van der Waals surface area contributed by atoms with Gasteiger partial charge in [0.1, 0.15) is 0 Å². The van der Waals surface area contributed by atoms with E-state index in [1.807, 2.05) is 42.5 Å². The lowest BCUT2D eigenvalue weighted by Gasteiger charge is -2.42. The number of ether oxygens (including phenoxy) is 1. The first-order valence-electron chi connectivity index (χ1n) is 9.48. The molecule has 2 aromatic carbocycles. The number of nitriles is 1. The maximum absolute atomic E-state index is 11.7. The van der Waals surface area contributed by atoms with Crippen LogP contribution in [0.5, 0.6) is 0 Å². The Morgan fingerprint density at radius 1 is 1.19 bits per heavy atom. The van der Waals surface area contributed by atoms with Gasteiger partial charge in [-0.2, -0.15) is 5.26 Å². The minimum atomic E-state index is -0.416. The van der Waals surface area contributed by atoms with E-state index in [-0.39, 0.29) is 12.5 Å². The summed E-state index contributed by atoms with van der Waals surface area (Å²) < 4.78 is 5.47. The van der Waals surface area contributed by atoms with Gasteiger partial charge in [-0.1, -0.05) is 75.4 Å². The van der Waals surface area contributed by atoms with Crippen LogP contribution in [0.3, 0.4) is 0 Å². The van der Waals surface area contributed by atoms with Crippen molar-refractivity contribution in [1.82, 2.24) is 0 Å². The number of carbonyl (C=O) groups is 1. The van der Waals surface area contributed by atoms with Crippen LogP contribution in [0.1, 0.15) is 49.8 Å². The fourth-order valence-corrected chi connectivity index (χ4v) is 4.04. The van der Waals surface area contributed by atoms with Crippen LogP contribution < -0.4 is 0 Å². The lowest BCUT2D eigenvalue weighted by atomic mass is 9.61. The molecule has 2 rings (SSSR count). The molecule has 2 atom stereocenters. The van der Waals surface area contributed by atoms with Gasteiger partial charge in [-0.3, -0.25) is 0 Å². The monoisotopic (exact) mass is 361 g/mol.